The Labute approximate surface area is 115 Å². The van der Waals surface area contributed by atoms with Gasteiger partial charge in [-0.15, -0.1) is 5.10 Å². The molecule has 3 rings (SSSR count). The van der Waals surface area contributed by atoms with Gasteiger partial charge in [0.25, 0.3) is 5.78 Å². The molecule has 0 fully saturated rings. The normalized spacial score (nSPS) is 11.8. The Balaban J connectivity index is 1.93. The van der Waals surface area contributed by atoms with Crippen molar-refractivity contribution in [1.29, 1.82) is 0 Å². The number of anilines is 3. The van der Waals surface area contributed by atoms with Gasteiger partial charge in [0, 0.05) is 5.69 Å². The fourth-order valence-electron chi connectivity index (χ4n) is 1.69. The van der Waals surface area contributed by atoms with Gasteiger partial charge in [0.15, 0.2) is 0 Å². The molecule has 2 aromatic heterocycles. The molecule has 3 aromatic rings. The summed E-state index contributed by atoms with van der Waals surface area (Å²) < 4.78 is 39.1. The molecule has 0 aliphatic rings. The minimum atomic E-state index is -4.42. The van der Waals surface area contributed by atoms with Crippen LogP contribution in [0.15, 0.2) is 30.6 Å². The molecular formula is C11H8F3N7. The summed E-state index contributed by atoms with van der Waals surface area (Å²) >= 11 is 0. The van der Waals surface area contributed by atoms with Crippen LogP contribution in [0.5, 0.6) is 0 Å². The number of aromatic nitrogens is 5. The van der Waals surface area contributed by atoms with Gasteiger partial charge in [0.05, 0.1) is 5.56 Å². The van der Waals surface area contributed by atoms with E-state index in [4.69, 9.17) is 5.73 Å². The van der Waals surface area contributed by atoms with Gasteiger partial charge in [-0.1, -0.05) is 6.07 Å². The molecule has 1 aromatic carbocycles. The predicted octanol–water partition coefficient (Wildman–Crippen LogP) is 1.86. The number of benzene rings is 1. The maximum atomic E-state index is 12.6. The van der Waals surface area contributed by atoms with E-state index in [0.717, 1.165) is 12.1 Å². The summed E-state index contributed by atoms with van der Waals surface area (Å²) in [4.78, 5) is 11.6. The lowest BCUT2D eigenvalue weighted by atomic mass is 10.2. The number of hydrogen-bond donors (Lipinski definition) is 2. The number of halogens is 3. The van der Waals surface area contributed by atoms with E-state index in [9.17, 15) is 13.2 Å². The standard InChI is InChI=1S/C11H8F3N7/c12-11(13,14)6-2-1-3-7(4-6)18-9-19-10-17-5-16-8(15)21(10)20-9/h1-5H,(H3,15,16,17,18,19,20). The van der Waals surface area contributed by atoms with Crippen LogP contribution in [0.2, 0.25) is 0 Å². The van der Waals surface area contributed by atoms with Crippen molar-refractivity contribution >= 4 is 23.4 Å². The third-order valence-electron chi connectivity index (χ3n) is 2.62. The topological polar surface area (TPSA) is 94.0 Å². The van der Waals surface area contributed by atoms with E-state index in [1.807, 2.05) is 0 Å². The van der Waals surface area contributed by atoms with Crippen LogP contribution >= 0.6 is 0 Å². The van der Waals surface area contributed by atoms with Crippen molar-refractivity contribution in [3.05, 3.63) is 36.2 Å². The van der Waals surface area contributed by atoms with Crippen LogP contribution < -0.4 is 11.1 Å². The van der Waals surface area contributed by atoms with Crippen molar-refractivity contribution in [2.24, 2.45) is 0 Å². The molecule has 0 atom stereocenters. The van der Waals surface area contributed by atoms with Crippen molar-refractivity contribution in [2.45, 2.75) is 6.18 Å². The van der Waals surface area contributed by atoms with Gasteiger partial charge < -0.3 is 11.1 Å². The molecule has 0 bridgehead atoms. The Kier molecular flexibility index (Phi) is 2.85. The van der Waals surface area contributed by atoms with Crippen molar-refractivity contribution in [1.82, 2.24) is 24.6 Å². The monoisotopic (exact) mass is 295 g/mol. The minimum absolute atomic E-state index is 0.0709. The lowest BCUT2D eigenvalue weighted by Crippen LogP contribution is -2.05. The summed E-state index contributed by atoms with van der Waals surface area (Å²) in [7, 11) is 0. The Morgan fingerprint density at radius 2 is 2.00 bits per heavy atom. The highest BCUT2D eigenvalue weighted by atomic mass is 19.4. The van der Waals surface area contributed by atoms with E-state index in [1.54, 1.807) is 0 Å². The molecule has 0 aliphatic carbocycles. The molecule has 0 amide bonds. The highest BCUT2D eigenvalue weighted by Gasteiger charge is 2.30. The van der Waals surface area contributed by atoms with Gasteiger partial charge in [-0.3, -0.25) is 0 Å². The Hall–Kier alpha value is -2.91. The Morgan fingerprint density at radius 3 is 2.71 bits per heavy atom. The first kappa shape index (κ1) is 13.1. The van der Waals surface area contributed by atoms with Crippen LogP contribution in [0.25, 0.3) is 5.78 Å². The van der Waals surface area contributed by atoms with E-state index in [-0.39, 0.29) is 23.4 Å². The zero-order chi connectivity index (χ0) is 15.0. The van der Waals surface area contributed by atoms with Gasteiger partial charge in [-0.25, -0.2) is 4.98 Å². The number of fused-ring (bicyclic) bond motifs is 1. The summed E-state index contributed by atoms with van der Waals surface area (Å²) in [6.45, 7) is 0. The molecule has 0 spiro atoms. The van der Waals surface area contributed by atoms with Crippen LogP contribution in [-0.4, -0.2) is 24.6 Å². The zero-order valence-corrected chi connectivity index (χ0v) is 10.3. The van der Waals surface area contributed by atoms with Gasteiger partial charge in [-0.2, -0.15) is 27.7 Å². The highest BCUT2D eigenvalue weighted by molar-refractivity contribution is 5.56. The Bertz CT molecular complexity index is 796. The van der Waals surface area contributed by atoms with Crippen LogP contribution in [0.1, 0.15) is 5.56 Å². The molecule has 0 aliphatic heterocycles. The average Bonchev–Trinajstić information content (AvgIpc) is 2.82. The lowest BCUT2D eigenvalue weighted by Gasteiger charge is -2.08. The predicted molar refractivity (Wildman–Crippen MR) is 67.7 cm³/mol. The lowest BCUT2D eigenvalue weighted by molar-refractivity contribution is -0.137. The van der Waals surface area contributed by atoms with Crippen LogP contribution in [0.3, 0.4) is 0 Å². The van der Waals surface area contributed by atoms with Crippen LogP contribution in [0.4, 0.5) is 30.8 Å². The number of nitrogens with one attached hydrogen (secondary N) is 1. The number of nitrogens with zero attached hydrogens (tertiary/aromatic N) is 5. The van der Waals surface area contributed by atoms with Gasteiger partial charge in [-0.05, 0) is 18.2 Å². The van der Waals surface area contributed by atoms with E-state index in [2.05, 4.69) is 25.4 Å². The van der Waals surface area contributed by atoms with Crippen LogP contribution in [-0.2, 0) is 6.18 Å². The fourth-order valence-corrected chi connectivity index (χ4v) is 1.69. The second-order valence-corrected chi connectivity index (χ2v) is 4.08. The van der Waals surface area contributed by atoms with Crippen LogP contribution in [0, 0.1) is 0 Å². The van der Waals surface area contributed by atoms with Crippen molar-refractivity contribution in [3.63, 3.8) is 0 Å². The third-order valence-corrected chi connectivity index (χ3v) is 2.62. The summed E-state index contributed by atoms with van der Waals surface area (Å²) in [6.07, 6.45) is -3.20. The smallest absolute Gasteiger partial charge is 0.368 e. The van der Waals surface area contributed by atoms with E-state index < -0.39 is 11.7 Å². The SMILES string of the molecule is Nc1ncnc2nc(Nc3cccc(C(F)(F)F)c3)nn12. The second kappa shape index (κ2) is 4.58. The molecule has 3 N–H and O–H groups in total. The van der Waals surface area contributed by atoms with Gasteiger partial charge in [0.1, 0.15) is 6.33 Å². The molecule has 0 saturated carbocycles. The first-order chi connectivity index (χ1) is 9.93. The summed E-state index contributed by atoms with van der Waals surface area (Å²) in [5, 5.41) is 6.63. The summed E-state index contributed by atoms with van der Waals surface area (Å²) in [5.41, 5.74) is 5.01. The van der Waals surface area contributed by atoms with Crippen molar-refractivity contribution < 1.29 is 13.2 Å². The number of rotatable bonds is 2. The number of hydrogen-bond acceptors (Lipinski definition) is 6. The van der Waals surface area contributed by atoms with E-state index >= 15 is 0 Å². The molecular weight excluding hydrogens is 287 g/mol. The van der Waals surface area contributed by atoms with E-state index in [1.165, 1.54) is 23.0 Å². The first-order valence-corrected chi connectivity index (χ1v) is 5.71. The molecule has 2 heterocycles. The number of nitrogen functional groups attached to an aromatic ring is 1. The largest absolute Gasteiger partial charge is 0.416 e. The molecule has 0 radical (unpaired) electrons. The third kappa shape index (κ3) is 2.55. The summed E-state index contributed by atoms with van der Waals surface area (Å²) in [6, 6.07) is 4.69. The first-order valence-electron chi connectivity index (χ1n) is 5.71. The fraction of sp³-hybridized carbons (Fsp3) is 0.0909. The second-order valence-electron chi connectivity index (χ2n) is 4.08. The molecule has 108 valence electrons. The van der Waals surface area contributed by atoms with Gasteiger partial charge >= 0.3 is 6.18 Å². The van der Waals surface area contributed by atoms with Crippen molar-refractivity contribution in [2.75, 3.05) is 11.1 Å². The van der Waals surface area contributed by atoms with E-state index in [0.29, 0.717) is 0 Å². The maximum Gasteiger partial charge on any atom is 0.416 e. The molecule has 0 unspecified atom stereocenters. The zero-order valence-electron chi connectivity index (χ0n) is 10.3. The number of nitrogens with two attached hydrogens (primary N) is 1. The minimum Gasteiger partial charge on any atom is -0.368 e. The molecule has 7 nitrogen and oxygen atoms in total. The Morgan fingerprint density at radius 1 is 1.19 bits per heavy atom. The highest BCUT2D eigenvalue weighted by Crippen LogP contribution is 2.31. The maximum absolute atomic E-state index is 12.6. The molecule has 0 saturated heterocycles. The average molecular weight is 295 g/mol. The van der Waals surface area contributed by atoms with Gasteiger partial charge in [0.2, 0.25) is 11.9 Å². The van der Waals surface area contributed by atoms with Crippen molar-refractivity contribution in [3.8, 4) is 0 Å². The quantitative estimate of drug-likeness (QED) is 0.749. The molecule has 21 heavy (non-hydrogen) atoms. The molecule has 10 heteroatoms. The summed E-state index contributed by atoms with van der Waals surface area (Å²) in [5.74, 6) is 0.336. The number of alkyl halides is 3.